The molecular formula is C22H22FN3O3. The lowest BCUT2D eigenvalue weighted by Gasteiger charge is -2.29. The molecule has 4 rings (SSSR count). The Kier molecular flexibility index (Phi) is 5.29. The monoisotopic (exact) mass is 395 g/mol. The van der Waals surface area contributed by atoms with E-state index in [0.29, 0.717) is 18.0 Å². The molecule has 1 amide bonds. The van der Waals surface area contributed by atoms with E-state index in [9.17, 15) is 14.0 Å². The quantitative estimate of drug-likeness (QED) is 0.614. The van der Waals surface area contributed by atoms with Crippen LogP contribution in [0.5, 0.6) is 0 Å². The van der Waals surface area contributed by atoms with Gasteiger partial charge in [0.2, 0.25) is 11.8 Å². The fourth-order valence-electron chi connectivity index (χ4n) is 3.41. The van der Waals surface area contributed by atoms with Gasteiger partial charge in [-0.25, -0.2) is 9.18 Å². The maximum Gasteiger partial charge on any atom is 0.437 e. The summed E-state index contributed by atoms with van der Waals surface area (Å²) >= 11 is 0. The average molecular weight is 395 g/mol. The highest BCUT2D eigenvalue weighted by Gasteiger charge is 2.34. The van der Waals surface area contributed by atoms with Crippen molar-refractivity contribution in [3.05, 3.63) is 76.5 Å². The number of hydrogen-bond acceptors (Lipinski definition) is 4. The van der Waals surface area contributed by atoms with Crippen LogP contribution < -0.4 is 5.76 Å². The van der Waals surface area contributed by atoms with Crippen LogP contribution in [0.25, 0.3) is 11.5 Å². The van der Waals surface area contributed by atoms with Gasteiger partial charge in [-0.1, -0.05) is 30.3 Å². The van der Waals surface area contributed by atoms with Gasteiger partial charge in [-0.2, -0.15) is 4.68 Å². The number of amides is 1. The van der Waals surface area contributed by atoms with Crippen LogP contribution in [0.2, 0.25) is 0 Å². The highest BCUT2D eigenvalue weighted by molar-refractivity contribution is 5.76. The average Bonchev–Trinajstić information content (AvgIpc) is 3.51. The standard InChI is InChI=1S/C22H22FN3O3/c1-15(17-7-8-17)25(13-16-5-3-2-4-6-16)20(27)14-26-22(28)29-21(24-26)18-9-11-19(23)12-10-18/h2-6,9-12,15,17H,7-8,13-14H2,1H3. The van der Waals surface area contributed by atoms with Crippen molar-refractivity contribution < 1.29 is 13.6 Å². The van der Waals surface area contributed by atoms with Crippen LogP contribution in [0.1, 0.15) is 25.3 Å². The minimum atomic E-state index is -0.712. The van der Waals surface area contributed by atoms with Crippen molar-refractivity contribution in [3.8, 4) is 11.5 Å². The molecule has 1 fully saturated rings. The van der Waals surface area contributed by atoms with Crippen molar-refractivity contribution in [2.75, 3.05) is 0 Å². The summed E-state index contributed by atoms with van der Waals surface area (Å²) in [5.74, 6) is -0.735. The highest BCUT2D eigenvalue weighted by atomic mass is 19.1. The molecule has 0 N–H and O–H groups in total. The molecule has 1 unspecified atom stereocenters. The normalized spacial score (nSPS) is 14.6. The van der Waals surface area contributed by atoms with E-state index in [2.05, 4.69) is 5.10 Å². The van der Waals surface area contributed by atoms with Gasteiger partial charge in [0, 0.05) is 18.2 Å². The lowest BCUT2D eigenvalue weighted by molar-refractivity contribution is -0.135. The van der Waals surface area contributed by atoms with Crippen molar-refractivity contribution in [2.45, 2.75) is 38.9 Å². The fraction of sp³-hybridized carbons (Fsp3) is 0.318. The third kappa shape index (κ3) is 4.45. The van der Waals surface area contributed by atoms with E-state index in [1.54, 1.807) is 0 Å². The lowest BCUT2D eigenvalue weighted by atomic mass is 10.1. The molecule has 0 aliphatic heterocycles. The van der Waals surface area contributed by atoms with Gasteiger partial charge < -0.3 is 9.32 Å². The molecule has 0 radical (unpaired) electrons. The Hall–Kier alpha value is -3.22. The molecule has 1 saturated carbocycles. The number of carbonyl (C=O) groups excluding carboxylic acids is 1. The zero-order valence-corrected chi connectivity index (χ0v) is 16.1. The molecule has 0 spiro atoms. The van der Waals surface area contributed by atoms with Crippen LogP contribution in [-0.2, 0) is 17.9 Å². The molecule has 1 aliphatic carbocycles. The number of rotatable bonds is 7. The zero-order valence-electron chi connectivity index (χ0n) is 16.1. The fourth-order valence-corrected chi connectivity index (χ4v) is 3.41. The first-order valence-corrected chi connectivity index (χ1v) is 9.68. The summed E-state index contributed by atoms with van der Waals surface area (Å²) in [6, 6.07) is 15.3. The second-order valence-corrected chi connectivity index (χ2v) is 7.42. The van der Waals surface area contributed by atoms with Crippen LogP contribution >= 0.6 is 0 Å². The summed E-state index contributed by atoms with van der Waals surface area (Å²) in [6.07, 6.45) is 2.22. The SMILES string of the molecule is CC(C1CC1)N(Cc1ccccc1)C(=O)Cn1nc(-c2ccc(F)cc2)oc1=O. The van der Waals surface area contributed by atoms with Gasteiger partial charge >= 0.3 is 5.76 Å². The molecule has 6 nitrogen and oxygen atoms in total. The summed E-state index contributed by atoms with van der Waals surface area (Å²) in [5.41, 5.74) is 1.51. The summed E-state index contributed by atoms with van der Waals surface area (Å²) < 4.78 is 19.3. The molecule has 0 saturated heterocycles. The molecule has 1 aromatic heterocycles. The minimum absolute atomic E-state index is 0.0626. The van der Waals surface area contributed by atoms with E-state index in [-0.39, 0.29) is 24.4 Å². The van der Waals surface area contributed by atoms with E-state index < -0.39 is 11.6 Å². The molecular weight excluding hydrogens is 373 g/mol. The Balaban J connectivity index is 1.54. The Morgan fingerprint density at radius 2 is 1.90 bits per heavy atom. The molecule has 7 heteroatoms. The molecule has 1 atom stereocenters. The van der Waals surface area contributed by atoms with Crippen molar-refractivity contribution in [3.63, 3.8) is 0 Å². The first-order valence-electron chi connectivity index (χ1n) is 9.68. The molecule has 150 valence electrons. The second kappa shape index (κ2) is 8.03. The predicted molar refractivity (Wildman–Crippen MR) is 105 cm³/mol. The van der Waals surface area contributed by atoms with Gasteiger partial charge in [-0.15, -0.1) is 5.10 Å². The Morgan fingerprint density at radius 1 is 1.21 bits per heavy atom. The Labute approximate surface area is 167 Å². The summed E-state index contributed by atoms with van der Waals surface area (Å²) in [4.78, 5) is 27.1. The van der Waals surface area contributed by atoms with Gasteiger partial charge in [0.25, 0.3) is 0 Å². The number of carbonyl (C=O) groups is 1. The number of hydrogen-bond donors (Lipinski definition) is 0. The number of benzene rings is 2. The summed E-state index contributed by atoms with van der Waals surface area (Å²) in [5, 5.41) is 4.13. The minimum Gasteiger partial charge on any atom is -0.388 e. The van der Waals surface area contributed by atoms with Crippen molar-refractivity contribution in [2.24, 2.45) is 5.92 Å². The maximum atomic E-state index is 13.1. The number of aromatic nitrogens is 2. The van der Waals surface area contributed by atoms with E-state index in [4.69, 9.17) is 4.42 Å². The predicted octanol–water partition coefficient (Wildman–Crippen LogP) is 3.47. The number of nitrogens with zero attached hydrogens (tertiary/aromatic N) is 3. The Bertz CT molecular complexity index is 1040. The van der Waals surface area contributed by atoms with Gasteiger partial charge in [-0.3, -0.25) is 4.79 Å². The van der Waals surface area contributed by atoms with Crippen LogP contribution in [-0.4, -0.2) is 26.6 Å². The largest absolute Gasteiger partial charge is 0.437 e. The summed E-state index contributed by atoms with van der Waals surface area (Å²) in [6.45, 7) is 2.33. The van der Waals surface area contributed by atoms with Crippen molar-refractivity contribution >= 4 is 5.91 Å². The van der Waals surface area contributed by atoms with E-state index in [0.717, 1.165) is 23.1 Å². The summed E-state index contributed by atoms with van der Waals surface area (Å²) in [7, 11) is 0. The van der Waals surface area contributed by atoms with Crippen LogP contribution in [0.4, 0.5) is 4.39 Å². The van der Waals surface area contributed by atoms with E-state index in [1.807, 2.05) is 42.2 Å². The number of halogens is 1. The van der Waals surface area contributed by atoms with Gasteiger partial charge in [0.05, 0.1) is 0 Å². The molecule has 0 bridgehead atoms. The first kappa shape index (κ1) is 19.1. The van der Waals surface area contributed by atoms with E-state index >= 15 is 0 Å². The Morgan fingerprint density at radius 3 is 2.55 bits per heavy atom. The second-order valence-electron chi connectivity index (χ2n) is 7.42. The van der Waals surface area contributed by atoms with Crippen molar-refractivity contribution in [1.29, 1.82) is 0 Å². The third-order valence-electron chi connectivity index (χ3n) is 5.29. The molecule has 1 heterocycles. The molecule has 3 aromatic rings. The lowest BCUT2D eigenvalue weighted by Crippen LogP contribution is -2.42. The van der Waals surface area contributed by atoms with E-state index in [1.165, 1.54) is 24.3 Å². The molecule has 29 heavy (non-hydrogen) atoms. The van der Waals surface area contributed by atoms with Crippen LogP contribution in [0.15, 0.2) is 63.8 Å². The van der Waals surface area contributed by atoms with Crippen LogP contribution in [0, 0.1) is 11.7 Å². The zero-order chi connectivity index (χ0) is 20.4. The maximum absolute atomic E-state index is 13.1. The van der Waals surface area contributed by atoms with Gasteiger partial charge in [-0.05, 0) is 55.5 Å². The molecule has 2 aromatic carbocycles. The van der Waals surface area contributed by atoms with Gasteiger partial charge in [0.15, 0.2) is 0 Å². The smallest absolute Gasteiger partial charge is 0.388 e. The highest BCUT2D eigenvalue weighted by Crippen LogP contribution is 2.35. The van der Waals surface area contributed by atoms with Gasteiger partial charge in [0.1, 0.15) is 12.4 Å². The van der Waals surface area contributed by atoms with Crippen molar-refractivity contribution in [1.82, 2.24) is 14.7 Å². The first-order chi connectivity index (χ1) is 14.0. The molecule has 1 aliphatic rings. The topological polar surface area (TPSA) is 68.3 Å². The third-order valence-corrected chi connectivity index (χ3v) is 5.29. The van der Waals surface area contributed by atoms with Crippen LogP contribution in [0.3, 0.4) is 0 Å².